The van der Waals surface area contributed by atoms with E-state index >= 15 is 0 Å². The lowest BCUT2D eigenvalue weighted by molar-refractivity contribution is 0.0336. The summed E-state index contributed by atoms with van der Waals surface area (Å²) in [6, 6.07) is 29.6. The van der Waals surface area contributed by atoms with E-state index in [1.807, 2.05) is 72.9 Å². The van der Waals surface area contributed by atoms with Gasteiger partial charge in [-0.3, -0.25) is 14.7 Å². The highest BCUT2D eigenvalue weighted by Crippen LogP contribution is 2.34. The third-order valence-electron chi connectivity index (χ3n) is 7.54. The average Bonchev–Trinajstić information content (AvgIpc) is 3.06. The summed E-state index contributed by atoms with van der Waals surface area (Å²) in [5.41, 5.74) is 5.12. The molecule has 222 valence electrons. The van der Waals surface area contributed by atoms with E-state index in [0.29, 0.717) is 28.4 Å². The molecule has 1 aromatic heterocycles. The van der Waals surface area contributed by atoms with Gasteiger partial charge in [-0.2, -0.15) is 0 Å². The van der Waals surface area contributed by atoms with E-state index < -0.39 is 6.03 Å². The number of urea groups is 1. The Hall–Kier alpha value is -5.25. The molecular weight excluding hydrogens is 554 g/mol. The van der Waals surface area contributed by atoms with Crippen LogP contribution in [0.4, 0.5) is 21.9 Å². The smallest absolute Gasteiger partial charge is 0.323 e. The first-order valence-corrected chi connectivity index (χ1v) is 14.5. The van der Waals surface area contributed by atoms with Crippen molar-refractivity contribution in [1.29, 1.82) is 0 Å². The predicted octanol–water partition coefficient (Wildman–Crippen LogP) is 6.64. The Morgan fingerprint density at radius 2 is 1.57 bits per heavy atom. The molecule has 3 amide bonds. The van der Waals surface area contributed by atoms with E-state index in [1.54, 1.807) is 18.2 Å². The van der Waals surface area contributed by atoms with Crippen molar-refractivity contribution in [3.63, 3.8) is 0 Å². The van der Waals surface area contributed by atoms with Gasteiger partial charge in [0.05, 0.1) is 37.4 Å². The molecule has 5 aromatic rings. The first kappa shape index (κ1) is 28.9. The van der Waals surface area contributed by atoms with E-state index in [4.69, 9.17) is 14.5 Å². The fourth-order valence-corrected chi connectivity index (χ4v) is 5.27. The number of hydrogen-bond donors (Lipinski definition) is 3. The van der Waals surface area contributed by atoms with Crippen LogP contribution in [0, 0.1) is 0 Å². The van der Waals surface area contributed by atoms with Crippen molar-refractivity contribution in [1.82, 2.24) is 9.88 Å². The zero-order chi connectivity index (χ0) is 30.3. The zero-order valence-corrected chi connectivity index (χ0v) is 24.4. The first-order valence-electron chi connectivity index (χ1n) is 14.5. The van der Waals surface area contributed by atoms with Crippen molar-refractivity contribution in [2.45, 2.75) is 6.54 Å². The second-order valence-electron chi connectivity index (χ2n) is 10.4. The topological polar surface area (TPSA) is 105 Å². The number of amides is 3. The Bertz CT molecular complexity index is 1770. The van der Waals surface area contributed by atoms with Crippen LogP contribution in [0.3, 0.4) is 0 Å². The van der Waals surface area contributed by atoms with Crippen molar-refractivity contribution in [2.24, 2.45) is 0 Å². The molecule has 2 heterocycles. The maximum absolute atomic E-state index is 13.2. The maximum atomic E-state index is 13.2. The fraction of sp³-hybridized carbons (Fsp3) is 0.171. The third-order valence-corrected chi connectivity index (χ3v) is 7.54. The number of morpholine rings is 1. The van der Waals surface area contributed by atoms with E-state index in [2.05, 4.69) is 33.0 Å². The molecule has 0 bridgehead atoms. The highest BCUT2D eigenvalue weighted by atomic mass is 16.5. The van der Waals surface area contributed by atoms with Gasteiger partial charge in [0.2, 0.25) is 0 Å². The number of fused-ring (bicyclic) bond motifs is 1. The zero-order valence-electron chi connectivity index (χ0n) is 24.4. The summed E-state index contributed by atoms with van der Waals surface area (Å²) >= 11 is 0. The van der Waals surface area contributed by atoms with Crippen LogP contribution in [-0.4, -0.2) is 55.2 Å². The quantitative estimate of drug-likeness (QED) is 0.188. The SMILES string of the molecule is COc1ccc(C(=O)Nc2ccccc2)cc1NC(=O)Nc1ccc(-c2ccc(CN3CCOCC3)nc2)c2ccccc12. The molecular formula is C35H33N5O4. The summed E-state index contributed by atoms with van der Waals surface area (Å²) in [5, 5.41) is 10.5. The molecule has 1 fully saturated rings. The molecule has 9 nitrogen and oxygen atoms in total. The molecule has 0 atom stereocenters. The molecule has 44 heavy (non-hydrogen) atoms. The van der Waals surface area contributed by atoms with Crippen molar-refractivity contribution < 1.29 is 19.1 Å². The van der Waals surface area contributed by atoms with Gasteiger partial charge in [0.15, 0.2) is 0 Å². The number of nitrogens with zero attached hydrogens (tertiary/aromatic N) is 2. The van der Waals surface area contributed by atoms with Gasteiger partial charge in [-0.1, -0.05) is 54.6 Å². The largest absolute Gasteiger partial charge is 0.495 e. The standard InChI is InChI=1S/C35H33N5O4/c1-43-33-16-12-24(34(41)37-26-7-3-2-4-8-26)21-32(33)39-35(42)38-31-15-14-28(29-9-5-6-10-30(29)31)25-11-13-27(36-22-25)23-40-17-19-44-20-18-40/h2-16,21-22H,17-20,23H2,1H3,(H,37,41)(H2,38,39,42). The highest BCUT2D eigenvalue weighted by Gasteiger charge is 2.16. The van der Waals surface area contributed by atoms with Crippen LogP contribution in [0.1, 0.15) is 16.1 Å². The monoisotopic (exact) mass is 587 g/mol. The summed E-state index contributed by atoms with van der Waals surface area (Å²) in [6.07, 6.45) is 1.91. The van der Waals surface area contributed by atoms with Crippen LogP contribution < -0.4 is 20.7 Å². The summed E-state index contributed by atoms with van der Waals surface area (Å²) in [6.45, 7) is 4.15. The number of rotatable bonds is 8. The predicted molar refractivity (Wildman–Crippen MR) is 173 cm³/mol. The Kier molecular flexibility index (Phi) is 8.77. The van der Waals surface area contributed by atoms with Crippen LogP contribution in [0.2, 0.25) is 0 Å². The van der Waals surface area contributed by atoms with Gasteiger partial charge in [0.1, 0.15) is 5.75 Å². The lowest BCUT2D eigenvalue weighted by atomic mass is 9.98. The number of anilines is 3. The third kappa shape index (κ3) is 6.70. The number of carbonyl (C=O) groups is 2. The second-order valence-corrected chi connectivity index (χ2v) is 10.4. The maximum Gasteiger partial charge on any atom is 0.323 e. The molecule has 6 rings (SSSR count). The van der Waals surface area contributed by atoms with Gasteiger partial charge in [0, 0.05) is 48.0 Å². The van der Waals surface area contributed by atoms with Crippen molar-refractivity contribution in [3.05, 3.63) is 115 Å². The number of methoxy groups -OCH3 is 1. The van der Waals surface area contributed by atoms with Crippen molar-refractivity contribution >= 4 is 39.8 Å². The number of benzene rings is 4. The number of carbonyl (C=O) groups excluding carboxylic acids is 2. The molecule has 0 radical (unpaired) electrons. The van der Waals surface area contributed by atoms with Crippen molar-refractivity contribution in [2.75, 3.05) is 49.4 Å². The van der Waals surface area contributed by atoms with Gasteiger partial charge in [0.25, 0.3) is 5.91 Å². The normalized spacial score (nSPS) is 13.3. The number of para-hydroxylation sites is 1. The number of pyridine rings is 1. The number of ether oxygens (including phenoxy) is 2. The molecule has 9 heteroatoms. The number of aromatic nitrogens is 1. The molecule has 0 saturated carbocycles. The lowest BCUT2D eigenvalue weighted by Gasteiger charge is -2.26. The minimum Gasteiger partial charge on any atom is -0.495 e. The van der Waals surface area contributed by atoms with Gasteiger partial charge in [-0.15, -0.1) is 0 Å². The number of hydrogen-bond acceptors (Lipinski definition) is 6. The lowest BCUT2D eigenvalue weighted by Crippen LogP contribution is -2.35. The average molecular weight is 588 g/mol. The Balaban J connectivity index is 1.19. The van der Waals surface area contributed by atoms with Crippen LogP contribution in [0.5, 0.6) is 5.75 Å². The van der Waals surface area contributed by atoms with E-state index in [1.165, 1.54) is 7.11 Å². The molecule has 1 aliphatic heterocycles. The second kappa shape index (κ2) is 13.4. The van der Waals surface area contributed by atoms with Gasteiger partial charge in [-0.25, -0.2) is 4.79 Å². The molecule has 0 unspecified atom stereocenters. The summed E-state index contributed by atoms with van der Waals surface area (Å²) < 4.78 is 10.9. The van der Waals surface area contributed by atoms with Gasteiger partial charge < -0.3 is 25.4 Å². The van der Waals surface area contributed by atoms with E-state index in [-0.39, 0.29) is 5.91 Å². The Labute approximate surface area is 255 Å². The molecule has 4 aromatic carbocycles. The summed E-state index contributed by atoms with van der Waals surface area (Å²) in [4.78, 5) is 33.2. The van der Waals surface area contributed by atoms with E-state index in [0.717, 1.165) is 60.4 Å². The molecule has 1 aliphatic rings. The molecule has 1 saturated heterocycles. The van der Waals surface area contributed by atoms with Gasteiger partial charge >= 0.3 is 6.03 Å². The molecule has 3 N–H and O–H groups in total. The summed E-state index contributed by atoms with van der Waals surface area (Å²) in [5.74, 6) is 0.133. The molecule has 0 spiro atoms. The van der Waals surface area contributed by atoms with Crippen LogP contribution in [-0.2, 0) is 11.3 Å². The van der Waals surface area contributed by atoms with Crippen molar-refractivity contribution in [3.8, 4) is 16.9 Å². The van der Waals surface area contributed by atoms with Crippen LogP contribution >= 0.6 is 0 Å². The Morgan fingerprint density at radius 3 is 2.32 bits per heavy atom. The highest BCUT2D eigenvalue weighted by molar-refractivity contribution is 6.11. The van der Waals surface area contributed by atoms with E-state index in [9.17, 15) is 9.59 Å². The summed E-state index contributed by atoms with van der Waals surface area (Å²) in [7, 11) is 1.51. The Morgan fingerprint density at radius 1 is 0.818 bits per heavy atom. The number of nitrogens with one attached hydrogen (secondary N) is 3. The fourth-order valence-electron chi connectivity index (χ4n) is 5.27. The first-order chi connectivity index (χ1) is 21.6. The van der Waals surface area contributed by atoms with Gasteiger partial charge in [-0.05, 0) is 53.4 Å². The van der Waals surface area contributed by atoms with Crippen LogP contribution in [0.15, 0.2) is 103 Å². The molecule has 0 aliphatic carbocycles. The minimum absolute atomic E-state index is 0.299. The minimum atomic E-state index is -0.462. The van der Waals surface area contributed by atoms with Crippen LogP contribution in [0.25, 0.3) is 21.9 Å².